The molecule has 0 saturated heterocycles. The van der Waals surface area contributed by atoms with Crippen LogP contribution in [0, 0.1) is 13.8 Å². The van der Waals surface area contributed by atoms with Gasteiger partial charge < -0.3 is 15.0 Å². The molecule has 0 bridgehead atoms. The number of nitrogens with one attached hydrogen (secondary N) is 1. The molecule has 4 heteroatoms. The number of carbonyl (C=O) groups is 1. The smallest absolute Gasteiger partial charge is 0.257 e. The van der Waals surface area contributed by atoms with Crippen LogP contribution in [-0.4, -0.2) is 43.6 Å². The minimum atomic E-state index is -0.0521. The minimum Gasteiger partial charge on any atom is -0.483 e. The average Bonchev–Trinajstić information content (AvgIpc) is 2.51. The molecule has 0 aliphatic rings. The number of ether oxygens (including phenoxy) is 1. The summed E-state index contributed by atoms with van der Waals surface area (Å²) >= 11 is 0. The van der Waals surface area contributed by atoms with Gasteiger partial charge in [0.1, 0.15) is 5.75 Å². The van der Waals surface area contributed by atoms with E-state index in [0.29, 0.717) is 0 Å². The van der Waals surface area contributed by atoms with E-state index >= 15 is 0 Å². The fourth-order valence-electron chi connectivity index (χ4n) is 2.29. The summed E-state index contributed by atoms with van der Waals surface area (Å²) in [7, 11) is 0. The fourth-order valence-corrected chi connectivity index (χ4v) is 2.29. The Labute approximate surface area is 134 Å². The Balaban J connectivity index is 2.17. The zero-order valence-electron chi connectivity index (χ0n) is 14.4. The van der Waals surface area contributed by atoms with Crippen molar-refractivity contribution in [1.29, 1.82) is 0 Å². The Morgan fingerprint density at radius 2 is 1.91 bits per heavy atom. The number of aryl methyl sites for hydroxylation is 2. The predicted octanol–water partition coefficient (Wildman–Crippen LogP) is 2.92. The third-order valence-electron chi connectivity index (χ3n) is 3.82. The first-order valence-electron chi connectivity index (χ1n) is 8.25. The van der Waals surface area contributed by atoms with Crippen LogP contribution in [0.15, 0.2) is 18.2 Å². The molecule has 0 atom stereocenters. The van der Waals surface area contributed by atoms with E-state index < -0.39 is 0 Å². The van der Waals surface area contributed by atoms with Crippen molar-refractivity contribution in [2.45, 2.75) is 40.5 Å². The Kier molecular flexibility index (Phi) is 8.60. The van der Waals surface area contributed by atoms with Crippen LogP contribution < -0.4 is 10.1 Å². The van der Waals surface area contributed by atoms with Gasteiger partial charge in [0.15, 0.2) is 6.61 Å². The lowest BCUT2D eigenvalue weighted by molar-refractivity contribution is -0.123. The van der Waals surface area contributed by atoms with E-state index in [1.165, 1.54) is 0 Å². The second-order valence-electron chi connectivity index (χ2n) is 5.64. The topological polar surface area (TPSA) is 41.6 Å². The van der Waals surface area contributed by atoms with Crippen LogP contribution in [0.3, 0.4) is 0 Å². The summed E-state index contributed by atoms with van der Waals surface area (Å²) in [5.74, 6) is 0.737. The molecule has 1 rings (SSSR count). The van der Waals surface area contributed by atoms with Crippen LogP contribution in [0.1, 0.15) is 37.8 Å². The molecule has 0 fully saturated rings. The first-order chi connectivity index (χ1) is 10.6. The van der Waals surface area contributed by atoms with Crippen LogP contribution >= 0.6 is 0 Å². The molecule has 0 heterocycles. The molecule has 0 spiro atoms. The van der Waals surface area contributed by atoms with Gasteiger partial charge >= 0.3 is 0 Å². The highest BCUT2D eigenvalue weighted by Crippen LogP contribution is 2.18. The molecular weight excluding hydrogens is 276 g/mol. The van der Waals surface area contributed by atoms with Crippen molar-refractivity contribution in [3.8, 4) is 5.75 Å². The summed E-state index contributed by atoms with van der Waals surface area (Å²) in [5, 5.41) is 2.91. The molecule has 124 valence electrons. The van der Waals surface area contributed by atoms with Gasteiger partial charge in [0.05, 0.1) is 0 Å². The van der Waals surface area contributed by atoms with Crippen LogP contribution in [0.4, 0.5) is 0 Å². The van der Waals surface area contributed by atoms with E-state index in [0.717, 1.165) is 55.9 Å². The number of hydrogen-bond acceptors (Lipinski definition) is 3. The van der Waals surface area contributed by atoms with Crippen LogP contribution in [0.25, 0.3) is 0 Å². The monoisotopic (exact) mass is 306 g/mol. The van der Waals surface area contributed by atoms with Gasteiger partial charge in [-0.1, -0.05) is 26.0 Å². The van der Waals surface area contributed by atoms with Gasteiger partial charge in [-0.2, -0.15) is 0 Å². The SMILES string of the molecule is CCN(CC)CCCCNC(=O)COc1cc(C)ccc1C. The van der Waals surface area contributed by atoms with Gasteiger partial charge in [0, 0.05) is 6.54 Å². The lowest BCUT2D eigenvalue weighted by Crippen LogP contribution is -2.30. The first-order valence-corrected chi connectivity index (χ1v) is 8.25. The molecule has 0 unspecified atom stereocenters. The Morgan fingerprint density at radius 1 is 1.18 bits per heavy atom. The first kappa shape index (κ1) is 18.5. The molecule has 1 amide bonds. The molecule has 1 N–H and O–H groups in total. The molecule has 1 aromatic carbocycles. The third-order valence-corrected chi connectivity index (χ3v) is 3.82. The number of nitrogens with zero attached hydrogens (tertiary/aromatic N) is 1. The van der Waals surface area contributed by atoms with E-state index in [1.807, 2.05) is 32.0 Å². The van der Waals surface area contributed by atoms with E-state index in [1.54, 1.807) is 0 Å². The van der Waals surface area contributed by atoms with Crippen molar-refractivity contribution in [3.63, 3.8) is 0 Å². The van der Waals surface area contributed by atoms with E-state index in [-0.39, 0.29) is 12.5 Å². The maximum Gasteiger partial charge on any atom is 0.257 e. The van der Waals surface area contributed by atoms with Crippen LogP contribution in [0.5, 0.6) is 5.75 Å². The van der Waals surface area contributed by atoms with Crippen LogP contribution in [0.2, 0.25) is 0 Å². The largest absolute Gasteiger partial charge is 0.483 e. The lowest BCUT2D eigenvalue weighted by Gasteiger charge is -2.17. The molecule has 1 aromatic rings. The summed E-state index contributed by atoms with van der Waals surface area (Å²) in [4.78, 5) is 14.2. The zero-order valence-corrected chi connectivity index (χ0v) is 14.4. The number of rotatable bonds is 10. The second kappa shape index (κ2) is 10.2. The normalized spacial score (nSPS) is 10.8. The van der Waals surface area contributed by atoms with Gasteiger partial charge in [0.2, 0.25) is 0 Å². The summed E-state index contributed by atoms with van der Waals surface area (Å²) in [6.45, 7) is 12.4. The standard InChI is InChI=1S/C18H30N2O2/c1-5-20(6-2)12-8-7-11-19-18(21)14-22-17-13-15(3)9-10-16(17)4/h9-10,13H,5-8,11-12,14H2,1-4H3,(H,19,21). The molecule has 0 aliphatic carbocycles. The maximum absolute atomic E-state index is 11.8. The molecule has 4 nitrogen and oxygen atoms in total. The number of unbranched alkanes of at least 4 members (excludes halogenated alkanes) is 1. The Bertz CT molecular complexity index is 456. The third kappa shape index (κ3) is 6.94. The van der Waals surface area contributed by atoms with E-state index in [2.05, 4.69) is 24.1 Å². The lowest BCUT2D eigenvalue weighted by atomic mass is 10.1. The highest BCUT2D eigenvalue weighted by Gasteiger charge is 2.05. The number of carbonyl (C=O) groups excluding carboxylic acids is 1. The molecule has 22 heavy (non-hydrogen) atoms. The number of amides is 1. The van der Waals surface area contributed by atoms with Gasteiger partial charge in [-0.05, 0) is 63.5 Å². The number of hydrogen-bond donors (Lipinski definition) is 1. The van der Waals surface area contributed by atoms with E-state index in [9.17, 15) is 4.79 Å². The van der Waals surface area contributed by atoms with Crippen LogP contribution in [-0.2, 0) is 4.79 Å². The van der Waals surface area contributed by atoms with E-state index in [4.69, 9.17) is 4.74 Å². The quantitative estimate of drug-likeness (QED) is 0.676. The highest BCUT2D eigenvalue weighted by atomic mass is 16.5. The fraction of sp³-hybridized carbons (Fsp3) is 0.611. The summed E-state index contributed by atoms with van der Waals surface area (Å²) in [5.41, 5.74) is 2.19. The van der Waals surface area contributed by atoms with Crippen molar-refractivity contribution in [3.05, 3.63) is 29.3 Å². The van der Waals surface area contributed by atoms with Gasteiger partial charge in [0.25, 0.3) is 5.91 Å². The van der Waals surface area contributed by atoms with Crippen molar-refractivity contribution >= 4 is 5.91 Å². The maximum atomic E-state index is 11.8. The van der Waals surface area contributed by atoms with Gasteiger partial charge in [-0.15, -0.1) is 0 Å². The van der Waals surface area contributed by atoms with Crippen molar-refractivity contribution in [1.82, 2.24) is 10.2 Å². The Morgan fingerprint density at radius 3 is 2.59 bits per heavy atom. The van der Waals surface area contributed by atoms with Crippen molar-refractivity contribution in [2.75, 3.05) is 32.8 Å². The zero-order chi connectivity index (χ0) is 16.4. The van der Waals surface area contributed by atoms with Gasteiger partial charge in [-0.3, -0.25) is 4.79 Å². The Hall–Kier alpha value is -1.55. The second-order valence-corrected chi connectivity index (χ2v) is 5.64. The minimum absolute atomic E-state index is 0.0521. The molecule has 0 radical (unpaired) electrons. The highest BCUT2D eigenvalue weighted by molar-refractivity contribution is 5.77. The summed E-state index contributed by atoms with van der Waals surface area (Å²) < 4.78 is 5.59. The molecule has 0 aliphatic heterocycles. The van der Waals surface area contributed by atoms with Crippen molar-refractivity contribution < 1.29 is 9.53 Å². The molecular formula is C18H30N2O2. The summed E-state index contributed by atoms with van der Waals surface area (Å²) in [6, 6.07) is 6.01. The summed E-state index contributed by atoms with van der Waals surface area (Å²) in [6.07, 6.45) is 2.12. The van der Waals surface area contributed by atoms with Crippen molar-refractivity contribution in [2.24, 2.45) is 0 Å². The van der Waals surface area contributed by atoms with Gasteiger partial charge in [-0.25, -0.2) is 0 Å². The molecule has 0 saturated carbocycles. The predicted molar refractivity (Wildman–Crippen MR) is 91.4 cm³/mol. The molecule has 0 aromatic heterocycles. The average molecular weight is 306 g/mol. The number of benzene rings is 1.